The van der Waals surface area contributed by atoms with E-state index in [4.69, 9.17) is 23.0 Å². The highest BCUT2D eigenvalue weighted by Crippen LogP contribution is 2.57. The molecule has 5 atom stereocenters. The summed E-state index contributed by atoms with van der Waals surface area (Å²) >= 11 is 4.59. The van der Waals surface area contributed by atoms with E-state index in [0.29, 0.717) is 16.3 Å². The molecule has 11 nitrogen and oxygen atoms in total. The van der Waals surface area contributed by atoms with Crippen molar-refractivity contribution in [2.24, 2.45) is 0 Å². The predicted octanol–water partition coefficient (Wildman–Crippen LogP) is 1.70. The number of aromatic amines is 1. The van der Waals surface area contributed by atoms with Gasteiger partial charge in [0.2, 0.25) is 0 Å². The second-order valence-electron chi connectivity index (χ2n) is 6.91. The Hall–Kier alpha value is -2.19. The summed E-state index contributed by atoms with van der Waals surface area (Å²) in [5, 5.41) is 20.3. The highest BCUT2D eigenvalue weighted by molar-refractivity contribution is 7.71. The van der Waals surface area contributed by atoms with Crippen molar-refractivity contribution in [2.45, 2.75) is 30.9 Å². The third-order valence-corrected chi connectivity index (χ3v) is 6.45. The van der Waals surface area contributed by atoms with E-state index in [2.05, 4.69) is 12.2 Å². The molecule has 3 heterocycles. The summed E-state index contributed by atoms with van der Waals surface area (Å²) in [4.78, 5) is 14.0. The van der Waals surface area contributed by atoms with Crippen molar-refractivity contribution in [1.29, 1.82) is 0 Å². The van der Waals surface area contributed by atoms with Gasteiger partial charge in [0.1, 0.15) is 23.5 Å². The number of nitrogens with one attached hydrogen (secondary N) is 1. The van der Waals surface area contributed by atoms with Gasteiger partial charge in [0.05, 0.1) is 19.9 Å². The minimum absolute atomic E-state index is 0.0739. The number of aromatic nitrogens is 2. The zero-order valence-electron chi connectivity index (χ0n) is 16.3. The normalized spacial score (nSPS) is 31.7. The Bertz CT molecular complexity index is 1190. The number of H-pyrrole nitrogens is 1. The van der Waals surface area contributed by atoms with E-state index in [0.717, 1.165) is 0 Å². The van der Waals surface area contributed by atoms with Crippen molar-refractivity contribution in [1.82, 2.24) is 9.55 Å². The molecule has 1 fully saturated rings. The molecule has 1 unspecified atom stereocenters. The van der Waals surface area contributed by atoms with Gasteiger partial charge in [0, 0.05) is 5.56 Å². The fourth-order valence-corrected chi connectivity index (χ4v) is 4.58. The molecule has 174 valence electrons. The number of hydrogen-bond donors (Lipinski definition) is 3. The zero-order chi connectivity index (χ0) is 23.3. The molecule has 2 aliphatic heterocycles. The fourth-order valence-electron chi connectivity index (χ4n) is 3.20. The van der Waals surface area contributed by atoms with Gasteiger partial charge in [0.15, 0.2) is 23.5 Å². The van der Waals surface area contributed by atoms with Crippen LogP contribution in [-0.2, 0) is 25.0 Å². The molecule has 15 heteroatoms. The van der Waals surface area contributed by atoms with E-state index in [1.54, 1.807) is 12.1 Å². The molecule has 1 aromatic heterocycles. The minimum atomic E-state index is -4.38. The van der Waals surface area contributed by atoms with E-state index in [9.17, 15) is 24.0 Å². The van der Waals surface area contributed by atoms with E-state index in [1.165, 1.54) is 13.2 Å². The highest BCUT2D eigenvalue weighted by Gasteiger charge is 2.57. The van der Waals surface area contributed by atoms with Crippen LogP contribution in [0.1, 0.15) is 11.8 Å². The summed E-state index contributed by atoms with van der Waals surface area (Å²) in [6.07, 6.45) is -5.53. The number of methoxy groups -OCH3 is 1. The lowest BCUT2D eigenvalue weighted by Gasteiger charge is -2.28. The first-order chi connectivity index (χ1) is 15.1. The number of para-hydroxylation sites is 1. The van der Waals surface area contributed by atoms with Crippen molar-refractivity contribution in [3.05, 3.63) is 50.9 Å². The lowest BCUT2D eigenvalue weighted by molar-refractivity contribution is -0.205. The van der Waals surface area contributed by atoms with Gasteiger partial charge in [-0.05, 0) is 6.07 Å². The molecular formula is C17H17F2N2O9PS. The summed E-state index contributed by atoms with van der Waals surface area (Å²) in [5.74, 6) is -3.89. The maximum absolute atomic E-state index is 15.3. The number of rotatable bonds is 5. The largest absolute Gasteiger partial charge is 0.530 e. The third-order valence-electron chi connectivity index (χ3n) is 4.85. The molecule has 0 bridgehead atoms. The Morgan fingerprint density at radius 2 is 2.19 bits per heavy atom. The average Bonchev–Trinajstić information content (AvgIpc) is 2.99. The van der Waals surface area contributed by atoms with Crippen molar-refractivity contribution >= 4 is 20.0 Å². The molecule has 0 spiro atoms. The first-order valence-electron chi connectivity index (χ1n) is 9.05. The molecule has 4 rings (SSSR count). The summed E-state index contributed by atoms with van der Waals surface area (Å²) < 4.78 is 67.3. The number of phosphoric acid groups is 1. The highest BCUT2D eigenvalue weighted by atomic mass is 32.1. The Kier molecular flexibility index (Phi) is 5.96. The van der Waals surface area contributed by atoms with Crippen molar-refractivity contribution < 1.29 is 46.6 Å². The fraction of sp³-hybridized carbons (Fsp3) is 0.412. The van der Waals surface area contributed by atoms with Crippen molar-refractivity contribution in [2.75, 3.05) is 13.7 Å². The Labute approximate surface area is 183 Å². The Balaban J connectivity index is 1.53. The molecule has 0 radical (unpaired) electrons. The van der Waals surface area contributed by atoms with Crippen molar-refractivity contribution in [3.63, 3.8) is 0 Å². The van der Waals surface area contributed by atoms with Gasteiger partial charge in [-0.3, -0.25) is 18.6 Å². The number of nitrogens with zero attached hydrogens (tertiary/aromatic N) is 1. The van der Waals surface area contributed by atoms with Crippen LogP contribution >= 0.6 is 20.0 Å². The van der Waals surface area contributed by atoms with Crippen LogP contribution in [0, 0.1) is 10.5 Å². The van der Waals surface area contributed by atoms with Gasteiger partial charge in [0.25, 0.3) is 5.85 Å². The monoisotopic (exact) mass is 494 g/mol. The SMILES string of the molecule is COc1cccc2c1OP(=O)(OC[C@@]1(F)O[C@@H](n3cc(F)c(=S)[nH]c3=O)[C@H](O)[C@@H]1O)OC2. The van der Waals surface area contributed by atoms with E-state index < -0.39 is 54.9 Å². The van der Waals surface area contributed by atoms with Gasteiger partial charge < -0.3 is 24.2 Å². The number of ether oxygens (including phenoxy) is 2. The topological polar surface area (TPSA) is 141 Å². The lowest BCUT2D eigenvalue weighted by atomic mass is 10.1. The number of alkyl halides is 1. The quantitative estimate of drug-likeness (QED) is 0.415. The van der Waals surface area contributed by atoms with E-state index in [-0.39, 0.29) is 18.1 Å². The first-order valence-corrected chi connectivity index (χ1v) is 10.9. The summed E-state index contributed by atoms with van der Waals surface area (Å²) in [5.41, 5.74) is -0.516. The second-order valence-corrected chi connectivity index (χ2v) is 8.91. The van der Waals surface area contributed by atoms with Gasteiger partial charge >= 0.3 is 13.5 Å². The number of phosphoric ester groups is 1. The molecular weight excluding hydrogens is 477 g/mol. The van der Waals surface area contributed by atoms with Crippen LogP contribution in [0.4, 0.5) is 8.78 Å². The van der Waals surface area contributed by atoms with Crippen molar-refractivity contribution in [3.8, 4) is 11.5 Å². The predicted molar refractivity (Wildman–Crippen MR) is 104 cm³/mol. The molecule has 3 N–H and O–H groups in total. The molecule has 2 aromatic rings. The van der Waals surface area contributed by atoms with E-state index in [1.807, 2.05) is 4.98 Å². The van der Waals surface area contributed by atoms with Gasteiger partial charge in [-0.1, -0.05) is 24.4 Å². The maximum atomic E-state index is 15.3. The van der Waals surface area contributed by atoms with Gasteiger partial charge in [-0.2, -0.15) is 0 Å². The smallest absolute Gasteiger partial charge is 0.493 e. The van der Waals surface area contributed by atoms with Gasteiger partial charge in [-0.15, -0.1) is 0 Å². The number of halogens is 2. The summed E-state index contributed by atoms with van der Waals surface area (Å²) in [7, 11) is -3.02. The van der Waals surface area contributed by atoms with Crippen LogP contribution in [0.3, 0.4) is 0 Å². The molecule has 0 saturated carbocycles. The standard InChI is InChI=1S/C17H17F2N2O9PS/c1-26-10-4-2-3-8-6-27-31(25,30-12(8)10)28-7-17(19)13(23)11(22)15(29-17)21-5-9(18)14(32)20-16(21)24/h2-5,11,13,15,22-23H,6-7H2,1H3,(H,20,24,32)/t11-,13+,15-,17-,31?/m1/s1. The summed E-state index contributed by atoms with van der Waals surface area (Å²) in [6.45, 7) is -1.42. The minimum Gasteiger partial charge on any atom is -0.493 e. The lowest BCUT2D eigenvalue weighted by Crippen LogP contribution is -2.43. The van der Waals surface area contributed by atoms with Crippen LogP contribution in [0.2, 0.25) is 0 Å². The molecule has 0 aliphatic carbocycles. The van der Waals surface area contributed by atoms with E-state index >= 15 is 4.39 Å². The molecule has 2 aliphatic rings. The average molecular weight is 494 g/mol. The molecule has 0 amide bonds. The van der Waals surface area contributed by atoms with Crippen LogP contribution in [-0.4, -0.2) is 51.5 Å². The zero-order valence-corrected chi connectivity index (χ0v) is 18.0. The number of benzene rings is 1. The number of aliphatic hydroxyl groups is 2. The molecule has 1 aromatic carbocycles. The van der Waals surface area contributed by atoms with Crippen LogP contribution in [0.25, 0.3) is 0 Å². The number of fused-ring (bicyclic) bond motifs is 1. The first kappa shape index (κ1) is 23.0. The number of hydrogen-bond acceptors (Lipinski definition) is 10. The Morgan fingerprint density at radius 3 is 2.91 bits per heavy atom. The van der Waals surface area contributed by atoms with Gasteiger partial charge in [-0.25, -0.2) is 18.1 Å². The molecule has 32 heavy (non-hydrogen) atoms. The third kappa shape index (κ3) is 3.99. The number of aliphatic hydroxyl groups excluding tert-OH is 2. The second kappa shape index (κ2) is 8.30. The maximum Gasteiger partial charge on any atom is 0.530 e. The van der Waals surface area contributed by atoms with Crippen LogP contribution in [0.5, 0.6) is 11.5 Å². The van der Waals surface area contributed by atoms with Crippen LogP contribution in [0.15, 0.2) is 29.2 Å². The summed E-state index contributed by atoms with van der Waals surface area (Å²) in [6, 6.07) is 4.83. The van der Waals surface area contributed by atoms with Crippen LogP contribution < -0.4 is 15.0 Å². The Morgan fingerprint density at radius 1 is 1.44 bits per heavy atom. The molecule has 1 saturated heterocycles.